The van der Waals surface area contributed by atoms with Gasteiger partial charge in [-0.1, -0.05) is 35.5 Å². The van der Waals surface area contributed by atoms with Gasteiger partial charge in [0.05, 0.1) is 24.4 Å². The molecule has 0 saturated carbocycles. The molecule has 3 aromatic carbocycles. The molecule has 35 heavy (non-hydrogen) atoms. The largest absolute Gasteiger partial charge is 0.497 e. The van der Waals surface area contributed by atoms with E-state index >= 15 is 0 Å². The molecule has 0 radical (unpaired) electrons. The van der Waals surface area contributed by atoms with Gasteiger partial charge in [0.25, 0.3) is 5.89 Å². The molecule has 1 aliphatic rings. The number of benzene rings is 3. The molecule has 0 bridgehead atoms. The minimum atomic E-state index is -0.707. The Morgan fingerprint density at radius 1 is 1.00 bits per heavy atom. The average molecular weight is 491 g/mol. The van der Waals surface area contributed by atoms with Gasteiger partial charge in [-0.25, -0.2) is 8.78 Å². The summed E-state index contributed by atoms with van der Waals surface area (Å²) in [4.78, 5) is 6.20. The highest BCUT2D eigenvalue weighted by molar-refractivity contribution is 7.80. The molecule has 1 aromatic heterocycles. The van der Waals surface area contributed by atoms with Gasteiger partial charge in [-0.15, -0.1) is 0 Å². The molecule has 0 spiro atoms. The number of hydrogen-bond acceptors (Lipinski definition) is 5. The molecule has 5 rings (SSSR count). The average Bonchev–Trinajstić information content (AvgIpc) is 3.33. The van der Waals surface area contributed by atoms with Crippen LogP contribution in [-0.4, -0.2) is 22.4 Å². The van der Waals surface area contributed by atoms with Crippen LogP contribution in [0.5, 0.6) is 5.75 Å². The Labute approximate surface area is 205 Å². The van der Waals surface area contributed by atoms with Crippen LogP contribution in [0.15, 0.2) is 83.0 Å². The number of nitrogens with one attached hydrogen (secondary N) is 1. The lowest BCUT2D eigenvalue weighted by Gasteiger charge is -2.37. The first-order chi connectivity index (χ1) is 16.9. The van der Waals surface area contributed by atoms with Crippen LogP contribution in [-0.2, 0) is 0 Å². The summed E-state index contributed by atoms with van der Waals surface area (Å²) in [6.07, 6.45) is 0. The van der Waals surface area contributed by atoms with Crippen LogP contribution in [0.2, 0.25) is 0 Å². The highest BCUT2D eigenvalue weighted by Crippen LogP contribution is 2.39. The monoisotopic (exact) mass is 490 g/mol. The molecule has 2 heterocycles. The van der Waals surface area contributed by atoms with Gasteiger partial charge in [0.15, 0.2) is 5.11 Å². The van der Waals surface area contributed by atoms with E-state index in [0.717, 1.165) is 17.2 Å². The maximum atomic E-state index is 14.0. The van der Waals surface area contributed by atoms with Crippen molar-refractivity contribution in [3.63, 3.8) is 0 Å². The summed E-state index contributed by atoms with van der Waals surface area (Å²) in [6, 6.07) is 19.8. The Morgan fingerprint density at radius 2 is 1.69 bits per heavy atom. The van der Waals surface area contributed by atoms with Crippen LogP contribution in [0.1, 0.15) is 24.4 Å². The zero-order valence-corrected chi connectivity index (χ0v) is 19.6. The van der Waals surface area contributed by atoms with Crippen molar-refractivity contribution < 1.29 is 18.0 Å². The number of aromatic nitrogens is 2. The molecule has 176 valence electrons. The van der Waals surface area contributed by atoms with Crippen molar-refractivity contribution in [2.45, 2.75) is 13.0 Å². The summed E-state index contributed by atoms with van der Waals surface area (Å²) in [5.74, 6) is -0.0442. The van der Waals surface area contributed by atoms with Crippen LogP contribution >= 0.6 is 12.2 Å². The summed E-state index contributed by atoms with van der Waals surface area (Å²) in [6.45, 7) is 1.80. The smallest absolute Gasteiger partial charge is 0.258 e. The highest BCUT2D eigenvalue weighted by atomic mass is 32.1. The van der Waals surface area contributed by atoms with Crippen molar-refractivity contribution in [3.05, 3.63) is 102 Å². The first-order valence-corrected chi connectivity index (χ1v) is 11.2. The van der Waals surface area contributed by atoms with Gasteiger partial charge in [0, 0.05) is 17.3 Å². The number of anilines is 1. The first kappa shape index (κ1) is 22.7. The van der Waals surface area contributed by atoms with E-state index in [2.05, 4.69) is 15.5 Å². The van der Waals surface area contributed by atoms with Gasteiger partial charge in [0.2, 0.25) is 5.82 Å². The van der Waals surface area contributed by atoms with E-state index < -0.39 is 17.7 Å². The summed E-state index contributed by atoms with van der Waals surface area (Å²) < 4.78 is 39.0. The Hall–Kier alpha value is -4.11. The van der Waals surface area contributed by atoms with E-state index in [0.29, 0.717) is 28.0 Å². The molecule has 1 unspecified atom stereocenters. The standard InChI is InChI=1S/C26H20F2N4O2S/c1-15-22(25-30-24(31-34-25)17-8-10-21(33-2)11-9-17)23(16-6-4-3-5-7-16)29-26(35)32(15)20-13-18(27)12-19(28)14-20/h3-14,23H,1-2H3,(H,29,35). The summed E-state index contributed by atoms with van der Waals surface area (Å²) in [7, 11) is 1.59. The van der Waals surface area contributed by atoms with Crippen LogP contribution in [0.25, 0.3) is 17.0 Å². The van der Waals surface area contributed by atoms with Gasteiger partial charge in [-0.05, 0) is 61.1 Å². The van der Waals surface area contributed by atoms with E-state index in [1.807, 2.05) is 54.6 Å². The molecule has 0 fully saturated rings. The molecule has 4 aromatic rings. The van der Waals surface area contributed by atoms with Gasteiger partial charge < -0.3 is 14.6 Å². The lowest BCUT2D eigenvalue weighted by Crippen LogP contribution is -2.46. The molecule has 0 aliphatic carbocycles. The third-order valence-corrected chi connectivity index (χ3v) is 6.03. The fraction of sp³-hybridized carbons (Fsp3) is 0.115. The second-order valence-corrected chi connectivity index (χ2v) is 8.29. The molecule has 0 saturated heterocycles. The first-order valence-electron chi connectivity index (χ1n) is 10.8. The molecule has 1 N–H and O–H groups in total. The lowest BCUT2D eigenvalue weighted by molar-refractivity contribution is 0.404. The Bertz CT molecular complexity index is 1400. The van der Waals surface area contributed by atoms with Crippen LogP contribution in [0, 0.1) is 11.6 Å². The van der Waals surface area contributed by atoms with Crippen LogP contribution in [0.4, 0.5) is 14.5 Å². The summed E-state index contributed by atoms with van der Waals surface area (Å²) in [5.41, 5.74) is 3.16. The number of halogens is 2. The minimum Gasteiger partial charge on any atom is -0.497 e. The molecule has 1 atom stereocenters. The Morgan fingerprint density at radius 3 is 2.34 bits per heavy atom. The van der Waals surface area contributed by atoms with E-state index in [4.69, 9.17) is 21.5 Å². The number of hydrogen-bond donors (Lipinski definition) is 1. The number of allylic oxidation sites excluding steroid dienone is 1. The SMILES string of the molecule is COc1ccc(-c2noc(C3=C(C)N(c4cc(F)cc(F)c4)C(=S)NC3c3ccccc3)n2)cc1. The Kier molecular flexibility index (Phi) is 6.00. The van der Waals surface area contributed by atoms with Crippen molar-refractivity contribution in [2.75, 3.05) is 12.0 Å². The van der Waals surface area contributed by atoms with E-state index in [1.54, 1.807) is 18.9 Å². The van der Waals surface area contributed by atoms with Crippen LogP contribution in [0.3, 0.4) is 0 Å². The number of rotatable bonds is 5. The van der Waals surface area contributed by atoms with Crippen molar-refractivity contribution in [3.8, 4) is 17.1 Å². The third kappa shape index (κ3) is 4.38. The maximum Gasteiger partial charge on any atom is 0.258 e. The summed E-state index contributed by atoms with van der Waals surface area (Å²) >= 11 is 5.62. The van der Waals surface area contributed by atoms with Gasteiger partial charge in [0.1, 0.15) is 17.4 Å². The number of ether oxygens (including phenoxy) is 1. The topological polar surface area (TPSA) is 63.4 Å². The maximum absolute atomic E-state index is 14.0. The molecular formula is C26H20F2N4O2S. The van der Waals surface area contributed by atoms with E-state index in [9.17, 15) is 8.78 Å². The molecule has 6 nitrogen and oxygen atoms in total. The van der Waals surface area contributed by atoms with Crippen molar-refractivity contribution >= 4 is 28.6 Å². The highest BCUT2D eigenvalue weighted by Gasteiger charge is 2.35. The summed E-state index contributed by atoms with van der Waals surface area (Å²) in [5, 5.41) is 7.73. The second kappa shape index (κ2) is 9.27. The van der Waals surface area contributed by atoms with Crippen LogP contribution < -0.4 is 15.0 Å². The van der Waals surface area contributed by atoms with Gasteiger partial charge >= 0.3 is 0 Å². The number of methoxy groups -OCH3 is 1. The number of nitrogens with zero attached hydrogens (tertiary/aromatic N) is 3. The normalized spacial score (nSPS) is 15.8. The molecule has 9 heteroatoms. The molecular weight excluding hydrogens is 470 g/mol. The second-order valence-electron chi connectivity index (χ2n) is 7.91. The Balaban J connectivity index is 1.64. The predicted octanol–water partition coefficient (Wildman–Crippen LogP) is 5.89. The number of thiocarbonyl (C=S) groups is 1. The minimum absolute atomic E-state index is 0.247. The molecule has 1 aliphatic heterocycles. The van der Waals surface area contributed by atoms with Crippen molar-refractivity contribution in [2.24, 2.45) is 0 Å². The predicted molar refractivity (Wildman–Crippen MR) is 133 cm³/mol. The lowest BCUT2D eigenvalue weighted by atomic mass is 9.94. The fourth-order valence-electron chi connectivity index (χ4n) is 4.09. The van der Waals surface area contributed by atoms with Crippen molar-refractivity contribution in [1.29, 1.82) is 0 Å². The zero-order valence-electron chi connectivity index (χ0n) is 18.8. The third-order valence-electron chi connectivity index (χ3n) is 5.73. The quantitative estimate of drug-likeness (QED) is 0.350. The van der Waals surface area contributed by atoms with E-state index in [1.165, 1.54) is 12.1 Å². The van der Waals surface area contributed by atoms with E-state index in [-0.39, 0.29) is 11.6 Å². The zero-order chi connectivity index (χ0) is 24.5. The van der Waals surface area contributed by atoms with Gasteiger partial charge in [-0.3, -0.25) is 4.90 Å². The fourth-order valence-corrected chi connectivity index (χ4v) is 4.45. The molecule has 0 amide bonds. The van der Waals surface area contributed by atoms with Crippen molar-refractivity contribution in [1.82, 2.24) is 15.5 Å². The van der Waals surface area contributed by atoms with Gasteiger partial charge in [-0.2, -0.15) is 4.98 Å².